The number of nitrogens with zero attached hydrogens (tertiary/aromatic N) is 5. The van der Waals surface area contributed by atoms with Crippen LogP contribution in [0.15, 0.2) is 0 Å². The topological polar surface area (TPSA) is 185 Å². The molecule has 3 fully saturated rings. The summed E-state index contributed by atoms with van der Waals surface area (Å²) in [4.78, 5) is 27.6. The molecule has 5 atom stereocenters. The number of aliphatic hydroxyl groups is 2. The first kappa shape index (κ1) is 24.3. The van der Waals surface area contributed by atoms with Crippen LogP contribution >= 0.6 is 19.2 Å². The molecular formula is C19H28ClN6O7P. The molecule has 5 N–H and O–H groups in total. The van der Waals surface area contributed by atoms with Crippen molar-refractivity contribution < 1.29 is 34.0 Å². The molecule has 0 spiro atoms. The molecule has 2 saturated carbocycles. The van der Waals surface area contributed by atoms with Gasteiger partial charge in [0.2, 0.25) is 5.28 Å². The summed E-state index contributed by atoms with van der Waals surface area (Å²) in [5, 5.41) is 32.7. The van der Waals surface area contributed by atoms with Gasteiger partial charge in [-0.1, -0.05) is 30.9 Å². The molecule has 1 saturated heterocycles. The van der Waals surface area contributed by atoms with Crippen LogP contribution in [0.3, 0.4) is 0 Å². The lowest BCUT2D eigenvalue weighted by Gasteiger charge is -2.22. The van der Waals surface area contributed by atoms with E-state index in [2.05, 4.69) is 25.6 Å². The van der Waals surface area contributed by atoms with Crippen molar-refractivity contribution in [1.82, 2.24) is 25.0 Å². The highest BCUT2D eigenvalue weighted by molar-refractivity contribution is 7.52. The quantitative estimate of drug-likeness (QED) is 0.236. The van der Waals surface area contributed by atoms with Gasteiger partial charge in [0.05, 0.1) is 6.61 Å². The van der Waals surface area contributed by atoms with Crippen molar-refractivity contribution in [2.75, 3.05) is 11.9 Å². The first-order valence-electron chi connectivity index (χ1n) is 11.4. The number of ether oxygens (including phenoxy) is 2. The summed E-state index contributed by atoms with van der Waals surface area (Å²) in [5.74, 6) is -0.621. The first-order chi connectivity index (χ1) is 16.2. The predicted molar refractivity (Wildman–Crippen MR) is 119 cm³/mol. The van der Waals surface area contributed by atoms with Crippen molar-refractivity contribution in [1.29, 1.82) is 0 Å². The molecule has 2 aromatic rings. The molecule has 3 heterocycles. The Balaban J connectivity index is 1.33. The fourth-order valence-electron chi connectivity index (χ4n) is 4.56. The van der Waals surface area contributed by atoms with E-state index in [9.17, 15) is 24.6 Å². The second kappa shape index (κ2) is 9.55. The second-order valence-electron chi connectivity index (χ2n) is 9.28. The number of hydrogen-bond acceptors (Lipinski definition) is 10. The number of aliphatic hydroxyl groups excluding tert-OH is 2. The number of aromatic nitrogens is 5. The van der Waals surface area contributed by atoms with Crippen LogP contribution in [-0.4, -0.2) is 81.8 Å². The van der Waals surface area contributed by atoms with Gasteiger partial charge in [-0.15, -0.1) is 5.10 Å². The zero-order valence-electron chi connectivity index (χ0n) is 18.3. The van der Waals surface area contributed by atoms with Crippen molar-refractivity contribution in [3.05, 3.63) is 5.28 Å². The van der Waals surface area contributed by atoms with E-state index in [4.69, 9.17) is 21.1 Å². The van der Waals surface area contributed by atoms with Gasteiger partial charge in [0, 0.05) is 6.04 Å². The summed E-state index contributed by atoms with van der Waals surface area (Å²) >= 11 is 6.13. The molecule has 3 aliphatic rings. The third kappa shape index (κ3) is 5.07. The summed E-state index contributed by atoms with van der Waals surface area (Å²) in [5.41, 5.74) is 0.576. The number of rotatable bonds is 9. The van der Waals surface area contributed by atoms with E-state index in [1.807, 2.05) is 0 Å². The lowest BCUT2D eigenvalue weighted by atomic mass is 10.1. The van der Waals surface area contributed by atoms with Crippen LogP contribution in [0.4, 0.5) is 5.82 Å². The fraction of sp³-hybridized carbons (Fsp3) is 0.789. The number of anilines is 1. The van der Waals surface area contributed by atoms with Gasteiger partial charge in [-0.25, -0.2) is 0 Å². The summed E-state index contributed by atoms with van der Waals surface area (Å²) < 4.78 is 24.3. The Morgan fingerprint density at radius 1 is 1.18 bits per heavy atom. The van der Waals surface area contributed by atoms with Gasteiger partial charge in [0.15, 0.2) is 29.1 Å². The van der Waals surface area contributed by atoms with E-state index in [1.165, 1.54) is 4.68 Å². The van der Waals surface area contributed by atoms with E-state index in [1.54, 1.807) is 0 Å². The molecule has 2 aromatic heterocycles. The minimum atomic E-state index is -4.49. The summed E-state index contributed by atoms with van der Waals surface area (Å²) in [6, 6.07) is 0.244. The van der Waals surface area contributed by atoms with E-state index in [0.717, 1.165) is 38.5 Å². The molecule has 0 amide bonds. The zero-order chi connectivity index (χ0) is 24.0. The SMILES string of the molecule is O=P(O)(O)C(CC1CC1)OC[C@H]1O[C@@H](n2nnc3c(NC4CCCC4)nc(Cl)nc32)[C@H](O)[C@@H]1O. The summed E-state index contributed by atoms with van der Waals surface area (Å²) in [6.07, 6.45) is 1.33. The average Bonchev–Trinajstić information content (AvgIpc) is 3.13. The first-order valence-corrected chi connectivity index (χ1v) is 13.5. The third-order valence-corrected chi connectivity index (χ3v) is 7.91. The highest BCUT2D eigenvalue weighted by Crippen LogP contribution is 2.49. The molecule has 0 aromatic carbocycles. The monoisotopic (exact) mass is 518 g/mol. The van der Waals surface area contributed by atoms with Crippen molar-refractivity contribution in [2.24, 2.45) is 5.92 Å². The highest BCUT2D eigenvalue weighted by Gasteiger charge is 2.46. The number of halogens is 1. The van der Waals surface area contributed by atoms with E-state index < -0.39 is 38.0 Å². The standard InChI is InChI=1S/C19H28ClN6O7P/c20-19-22-16(21-10-3-1-2-4-10)13-17(23-19)26(25-24-13)18-15(28)14(27)11(33-18)8-32-12(34(29,30)31)7-9-5-6-9/h9-12,14-15,18,27-28H,1-8H2,(H,21,22,23)(H2,29,30,31)/t11-,12?,14-,15-,18-/m1/s1. The molecule has 188 valence electrons. The normalized spacial score (nSPS) is 29.2. The van der Waals surface area contributed by atoms with Crippen LogP contribution in [0.5, 0.6) is 0 Å². The molecule has 2 aliphatic carbocycles. The molecule has 15 heteroatoms. The molecular weight excluding hydrogens is 491 g/mol. The Morgan fingerprint density at radius 3 is 2.59 bits per heavy atom. The largest absolute Gasteiger partial charge is 0.387 e. The lowest BCUT2D eigenvalue weighted by molar-refractivity contribution is -0.0777. The van der Waals surface area contributed by atoms with Gasteiger partial charge in [-0.2, -0.15) is 14.6 Å². The maximum Gasteiger partial charge on any atom is 0.354 e. The maximum atomic E-state index is 11.8. The Hall–Kier alpha value is -1.44. The Labute approximate surface area is 200 Å². The second-order valence-corrected chi connectivity index (χ2v) is 11.4. The number of nitrogens with one attached hydrogen (secondary N) is 1. The Morgan fingerprint density at radius 2 is 1.91 bits per heavy atom. The molecule has 5 rings (SSSR count). The van der Waals surface area contributed by atoms with Crippen LogP contribution in [0.2, 0.25) is 5.28 Å². The highest BCUT2D eigenvalue weighted by atomic mass is 35.5. The van der Waals surface area contributed by atoms with Gasteiger partial charge in [-0.05, 0) is 36.8 Å². The number of fused-ring (bicyclic) bond motifs is 1. The van der Waals surface area contributed by atoms with Crippen molar-refractivity contribution in [3.8, 4) is 0 Å². The van der Waals surface area contributed by atoms with Crippen molar-refractivity contribution in [2.45, 2.75) is 81.4 Å². The van der Waals surface area contributed by atoms with E-state index in [-0.39, 0.29) is 35.9 Å². The van der Waals surface area contributed by atoms with Gasteiger partial charge < -0.3 is 34.8 Å². The fourth-order valence-corrected chi connectivity index (χ4v) is 5.57. The maximum absolute atomic E-state index is 11.8. The van der Waals surface area contributed by atoms with Crippen molar-refractivity contribution >= 4 is 36.2 Å². The van der Waals surface area contributed by atoms with Crippen LogP contribution < -0.4 is 5.32 Å². The van der Waals surface area contributed by atoms with Crippen LogP contribution in [0, 0.1) is 5.92 Å². The van der Waals surface area contributed by atoms with Gasteiger partial charge >= 0.3 is 7.60 Å². The molecule has 13 nitrogen and oxygen atoms in total. The third-order valence-electron chi connectivity index (χ3n) is 6.63. The number of hydrogen-bond donors (Lipinski definition) is 5. The Kier molecular flexibility index (Phi) is 6.81. The van der Waals surface area contributed by atoms with Crippen LogP contribution in [-0.2, 0) is 14.0 Å². The zero-order valence-corrected chi connectivity index (χ0v) is 19.9. The minimum Gasteiger partial charge on any atom is -0.387 e. The minimum absolute atomic E-state index is 0.0333. The predicted octanol–water partition coefficient (Wildman–Crippen LogP) is 1.17. The lowest BCUT2D eigenvalue weighted by Crippen LogP contribution is -2.35. The van der Waals surface area contributed by atoms with E-state index in [0.29, 0.717) is 11.3 Å². The molecule has 34 heavy (non-hydrogen) atoms. The smallest absolute Gasteiger partial charge is 0.354 e. The Bertz CT molecular complexity index is 1070. The molecule has 0 radical (unpaired) electrons. The average molecular weight is 519 g/mol. The van der Waals surface area contributed by atoms with Crippen molar-refractivity contribution in [3.63, 3.8) is 0 Å². The van der Waals surface area contributed by atoms with Crippen LogP contribution in [0.1, 0.15) is 51.2 Å². The summed E-state index contributed by atoms with van der Waals surface area (Å²) in [6.45, 7) is -0.311. The van der Waals surface area contributed by atoms with Gasteiger partial charge in [-0.3, -0.25) is 4.57 Å². The molecule has 1 unspecified atom stereocenters. The van der Waals surface area contributed by atoms with Gasteiger partial charge in [0.1, 0.15) is 18.3 Å². The van der Waals surface area contributed by atoms with Gasteiger partial charge in [0.25, 0.3) is 0 Å². The van der Waals surface area contributed by atoms with E-state index >= 15 is 0 Å². The molecule has 1 aliphatic heterocycles. The molecule has 0 bridgehead atoms. The summed E-state index contributed by atoms with van der Waals surface area (Å²) in [7, 11) is -4.49. The van der Waals surface area contributed by atoms with Crippen LogP contribution in [0.25, 0.3) is 11.2 Å².